The molecule has 1 aromatic heterocycles. The van der Waals surface area contributed by atoms with Crippen LogP contribution in [0.2, 0.25) is 0 Å². The summed E-state index contributed by atoms with van der Waals surface area (Å²) in [6, 6.07) is 2.03. The fraction of sp³-hybridized carbons (Fsp3) is 0.706. The lowest BCUT2D eigenvalue weighted by molar-refractivity contribution is 0.0754. The molecule has 1 aromatic rings. The molecule has 0 N–H and O–H groups in total. The number of likely N-dealkylation sites (N-methyl/N-ethyl adjacent to an activating group) is 2. The first-order valence-corrected chi connectivity index (χ1v) is 8.65. The van der Waals surface area contributed by atoms with Gasteiger partial charge in [0.2, 0.25) is 5.95 Å². The number of methoxy groups -OCH3 is 1. The van der Waals surface area contributed by atoms with E-state index in [1.807, 2.05) is 7.05 Å². The summed E-state index contributed by atoms with van der Waals surface area (Å²) in [5, 5.41) is 0. The standard InChI is InChI=1S/C17H27N5O2/c1-20-12-14(24-3)10-13(20)11-21(2)16(23)15-6-7-18-17(19-15)22-8-4-5-9-22/h6-7,13-14H,4-5,8-12H2,1-3H3/t13-,14-/m0/s1. The molecule has 7 nitrogen and oxygen atoms in total. The largest absolute Gasteiger partial charge is 0.380 e. The summed E-state index contributed by atoms with van der Waals surface area (Å²) in [4.78, 5) is 27.7. The molecule has 24 heavy (non-hydrogen) atoms. The number of nitrogens with zero attached hydrogens (tertiary/aromatic N) is 5. The molecule has 3 rings (SSSR count). The van der Waals surface area contributed by atoms with Crippen molar-refractivity contribution in [2.45, 2.75) is 31.4 Å². The van der Waals surface area contributed by atoms with Gasteiger partial charge in [0.05, 0.1) is 6.10 Å². The number of rotatable bonds is 5. The van der Waals surface area contributed by atoms with Crippen LogP contribution in [0.5, 0.6) is 0 Å². The quantitative estimate of drug-likeness (QED) is 0.797. The van der Waals surface area contributed by atoms with Gasteiger partial charge in [-0.2, -0.15) is 0 Å². The van der Waals surface area contributed by atoms with Gasteiger partial charge in [0.15, 0.2) is 0 Å². The van der Waals surface area contributed by atoms with Crippen molar-refractivity contribution < 1.29 is 9.53 Å². The molecule has 2 aliphatic rings. The second-order valence-electron chi connectivity index (χ2n) is 6.81. The molecule has 2 atom stereocenters. The Morgan fingerprint density at radius 1 is 1.42 bits per heavy atom. The number of anilines is 1. The van der Waals surface area contributed by atoms with Gasteiger partial charge in [0.25, 0.3) is 5.91 Å². The van der Waals surface area contributed by atoms with E-state index >= 15 is 0 Å². The van der Waals surface area contributed by atoms with E-state index in [1.165, 1.54) is 0 Å². The van der Waals surface area contributed by atoms with E-state index in [4.69, 9.17) is 4.74 Å². The summed E-state index contributed by atoms with van der Waals surface area (Å²) < 4.78 is 5.44. The monoisotopic (exact) mass is 333 g/mol. The molecule has 0 unspecified atom stereocenters. The van der Waals surface area contributed by atoms with Gasteiger partial charge < -0.3 is 14.5 Å². The number of hydrogen-bond acceptors (Lipinski definition) is 6. The van der Waals surface area contributed by atoms with E-state index in [0.717, 1.165) is 38.9 Å². The van der Waals surface area contributed by atoms with E-state index in [0.29, 0.717) is 24.2 Å². The third kappa shape index (κ3) is 3.67. The molecule has 0 saturated carbocycles. The highest BCUT2D eigenvalue weighted by Crippen LogP contribution is 2.20. The van der Waals surface area contributed by atoms with E-state index < -0.39 is 0 Å². The molecule has 132 valence electrons. The van der Waals surface area contributed by atoms with Crippen LogP contribution in [0.3, 0.4) is 0 Å². The van der Waals surface area contributed by atoms with Crippen LogP contribution in [0.1, 0.15) is 29.8 Å². The van der Waals surface area contributed by atoms with Gasteiger partial charge in [-0.1, -0.05) is 0 Å². The van der Waals surface area contributed by atoms with Crippen LogP contribution in [0.4, 0.5) is 5.95 Å². The minimum Gasteiger partial charge on any atom is -0.380 e. The average molecular weight is 333 g/mol. The highest BCUT2D eigenvalue weighted by molar-refractivity contribution is 5.92. The zero-order valence-corrected chi connectivity index (χ0v) is 14.8. The van der Waals surface area contributed by atoms with Crippen LogP contribution in [0.25, 0.3) is 0 Å². The Morgan fingerprint density at radius 3 is 2.83 bits per heavy atom. The maximum absolute atomic E-state index is 12.7. The number of hydrogen-bond donors (Lipinski definition) is 0. The van der Waals surface area contributed by atoms with Crippen molar-refractivity contribution in [3.63, 3.8) is 0 Å². The molecule has 3 heterocycles. The number of carbonyl (C=O) groups is 1. The normalized spacial score (nSPS) is 24.5. The Hall–Kier alpha value is -1.73. The van der Waals surface area contributed by atoms with E-state index in [9.17, 15) is 4.79 Å². The minimum atomic E-state index is -0.0490. The van der Waals surface area contributed by atoms with Crippen molar-refractivity contribution >= 4 is 11.9 Å². The molecule has 0 radical (unpaired) electrons. The van der Waals surface area contributed by atoms with E-state index in [1.54, 1.807) is 24.3 Å². The lowest BCUT2D eigenvalue weighted by Gasteiger charge is -2.25. The molecular weight excluding hydrogens is 306 g/mol. The Kier molecular flexibility index (Phi) is 5.30. The van der Waals surface area contributed by atoms with Gasteiger partial charge in [0, 0.05) is 52.6 Å². The molecule has 2 saturated heterocycles. The lowest BCUT2D eigenvalue weighted by atomic mass is 10.2. The summed E-state index contributed by atoms with van der Waals surface area (Å²) in [6.45, 7) is 3.53. The smallest absolute Gasteiger partial charge is 0.272 e. The number of likely N-dealkylation sites (tertiary alicyclic amines) is 1. The highest BCUT2D eigenvalue weighted by atomic mass is 16.5. The minimum absolute atomic E-state index is 0.0490. The predicted molar refractivity (Wildman–Crippen MR) is 92.3 cm³/mol. The van der Waals surface area contributed by atoms with Gasteiger partial charge in [-0.25, -0.2) is 9.97 Å². The molecule has 7 heteroatoms. The Balaban J connectivity index is 1.64. The fourth-order valence-corrected chi connectivity index (χ4v) is 3.54. The van der Waals surface area contributed by atoms with Crippen LogP contribution in [-0.2, 0) is 4.74 Å². The maximum atomic E-state index is 12.7. The molecule has 0 aliphatic carbocycles. The summed E-state index contributed by atoms with van der Waals surface area (Å²) >= 11 is 0. The average Bonchev–Trinajstić information content (AvgIpc) is 3.24. The van der Waals surface area contributed by atoms with Crippen LogP contribution in [-0.4, -0.2) is 85.2 Å². The number of carbonyl (C=O) groups excluding carboxylic acids is 1. The van der Waals surface area contributed by atoms with Crippen LogP contribution in [0.15, 0.2) is 12.3 Å². The van der Waals surface area contributed by atoms with Crippen molar-refractivity contribution in [3.8, 4) is 0 Å². The third-order valence-corrected chi connectivity index (χ3v) is 5.07. The SMILES string of the molecule is CO[C@H]1C[C@@H](CN(C)C(=O)c2ccnc(N3CCCC3)n2)N(C)C1. The molecule has 2 aliphatic heterocycles. The summed E-state index contributed by atoms with van der Waals surface area (Å²) in [5.74, 6) is 0.622. The first kappa shape index (κ1) is 17.1. The van der Waals surface area contributed by atoms with Gasteiger partial charge >= 0.3 is 0 Å². The van der Waals surface area contributed by atoms with E-state index in [-0.39, 0.29) is 12.0 Å². The Labute approximate surface area is 143 Å². The molecule has 2 fully saturated rings. The number of aromatic nitrogens is 2. The lowest BCUT2D eigenvalue weighted by Crippen LogP contribution is -2.40. The second-order valence-corrected chi connectivity index (χ2v) is 6.81. The highest BCUT2D eigenvalue weighted by Gasteiger charge is 2.31. The molecular formula is C17H27N5O2. The van der Waals surface area contributed by atoms with Crippen LogP contribution < -0.4 is 4.90 Å². The number of amides is 1. The van der Waals surface area contributed by atoms with Crippen molar-refractivity contribution in [2.24, 2.45) is 0 Å². The van der Waals surface area contributed by atoms with Gasteiger partial charge in [-0.05, 0) is 32.4 Å². The van der Waals surface area contributed by atoms with Crippen LogP contribution >= 0.6 is 0 Å². The summed E-state index contributed by atoms with van der Waals surface area (Å²) in [6.07, 6.45) is 5.22. The topological polar surface area (TPSA) is 61.8 Å². The zero-order valence-electron chi connectivity index (χ0n) is 14.8. The third-order valence-electron chi connectivity index (χ3n) is 5.07. The maximum Gasteiger partial charge on any atom is 0.272 e. The predicted octanol–water partition coefficient (Wildman–Crippen LogP) is 0.868. The Morgan fingerprint density at radius 2 is 2.17 bits per heavy atom. The second kappa shape index (κ2) is 7.44. The van der Waals surface area contributed by atoms with Crippen molar-refractivity contribution in [3.05, 3.63) is 18.0 Å². The zero-order chi connectivity index (χ0) is 17.1. The first-order valence-electron chi connectivity index (χ1n) is 8.65. The first-order chi connectivity index (χ1) is 11.6. The Bertz CT molecular complexity index is 576. The van der Waals surface area contributed by atoms with Gasteiger partial charge in [0.1, 0.15) is 5.69 Å². The van der Waals surface area contributed by atoms with Crippen molar-refractivity contribution in [1.82, 2.24) is 19.8 Å². The number of ether oxygens (including phenoxy) is 1. The summed E-state index contributed by atoms with van der Waals surface area (Å²) in [7, 11) is 5.67. The van der Waals surface area contributed by atoms with E-state index in [2.05, 4.69) is 26.8 Å². The molecule has 0 aromatic carbocycles. The van der Waals surface area contributed by atoms with Crippen molar-refractivity contribution in [1.29, 1.82) is 0 Å². The van der Waals surface area contributed by atoms with Gasteiger partial charge in [-0.15, -0.1) is 0 Å². The fourth-order valence-electron chi connectivity index (χ4n) is 3.54. The van der Waals surface area contributed by atoms with Crippen molar-refractivity contribution in [2.75, 3.05) is 52.3 Å². The molecule has 1 amide bonds. The van der Waals surface area contributed by atoms with Gasteiger partial charge in [-0.3, -0.25) is 9.69 Å². The molecule has 0 spiro atoms. The summed E-state index contributed by atoms with van der Waals surface area (Å²) in [5.41, 5.74) is 0.471. The van der Waals surface area contributed by atoms with Crippen LogP contribution in [0, 0.1) is 0 Å². The molecule has 0 bridgehead atoms.